The molecule has 0 aromatic carbocycles. The molecule has 0 N–H and O–H groups in total. The fourth-order valence-corrected chi connectivity index (χ4v) is 1.63. The highest BCUT2D eigenvalue weighted by Gasteiger charge is 2.29. The number of Topliss-reactive ketones (excluding diaryl/α,β-unsaturated/α-hetero) is 2. The first-order chi connectivity index (χ1) is 5.46. The second-order valence-electron chi connectivity index (χ2n) is 2.23. The standard InChI is InChI=1S/C7H3BrCl2O2/c1-2-3(8)7(12)5(10)4(9)6(2)11/h1H3. The maximum Gasteiger partial charge on any atom is 0.213 e. The molecular weight excluding hydrogens is 267 g/mol. The van der Waals surface area contributed by atoms with Crippen molar-refractivity contribution in [3.8, 4) is 0 Å². The zero-order chi connectivity index (χ0) is 9.46. The predicted molar refractivity (Wildman–Crippen MR) is 50.4 cm³/mol. The second kappa shape index (κ2) is 3.32. The Morgan fingerprint density at radius 2 is 1.50 bits per heavy atom. The van der Waals surface area contributed by atoms with Crippen molar-refractivity contribution in [2.75, 3.05) is 0 Å². The summed E-state index contributed by atoms with van der Waals surface area (Å²) < 4.78 is 0.182. The van der Waals surface area contributed by atoms with Crippen LogP contribution < -0.4 is 0 Å². The van der Waals surface area contributed by atoms with Gasteiger partial charge in [0.15, 0.2) is 0 Å². The van der Waals surface area contributed by atoms with Crippen LogP contribution in [-0.2, 0) is 9.59 Å². The number of ketones is 2. The van der Waals surface area contributed by atoms with Gasteiger partial charge in [-0.2, -0.15) is 0 Å². The summed E-state index contributed by atoms with van der Waals surface area (Å²) in [4.78, 5) is 22.3. The van der Waals surface area contributed by atoms with Crippen LogP contribution in [0.15, 0.2) is 20.1 Å². The summed E-state index contributed by atoms with van der Waals surface area (Å²) in [7, 11) is 0. The fraction of sp³-hybridized carbons (Fsp3) is 0.143. The summed E-state index contributed by atoms with van der Waals surface area (Å²) in [5.74, 6) is -0.855. The van der Waals surface area contributed by atoms with E-state index in [1.54, 1.807) is 0 Å². The largest absolute Gasteiger partial charge is 0.288 e. The van der Waals surface area contributed by atoms with Crippen LogP contribution in [0, 0.1) is 0 Å². The van der Waals surface area contributed by atoms with Gasteiger partial charge < -0.3 is 0 Å². The van der Waals surface area contributed by atoms with Gasteiger partial charge in [-0.1, -0.05) is 23.2 Å². The number of halogens is 3. The smallest absolute Gasteiger partial charge is 0.213 e. The molecule has 1 aliphatic rings. The zero-order valence-corrected chi connectivity index (χ0v) is 9.05. The van der Waals surface area contributed by atoms with Gasteiger partial charge >= 0.3 is 0 Å². The Labute approximate surface area is 87.3 Å². The third-order valence-corrected chi connectivity index (χ3v) is 3.23. The molecule has 64 valence electrons. The lowest BCUT2D eigenvalue weighted by Crippen LogP contribution is -2.15. The highest BCUT2D eigenvalue weighted by Crippen LogP contribution is 2.31. The third kappa shape index (κ3) is 1.37. The van der Waals surface area contributed by atoms with Gasteiger partial charge in [0, 0.05) is 5.57 Å². The van der Waals surface area contributed by atoms with Gasteiger partial charge in [-0.05, 0) is 22.9 Å². The van der Waals surface area contributed by atoms with Crippen molar-refractivity contribution in [3.05, 3.63) is 20.1 Å². The lowest BCUT2D eigenvalue weighted by Gasteiger charge is -2.10. The minimum Gasteiger partial charge on any atom is -0.288 e. The molecule has 0 aliphatic heterocycles. The SMILES string of the molecule is CC1=C(Br)C(=O)C(Cl)=C(Cl)C1=O. The Morgan fingerprint density at radius 1 is 1.08 bits per heavy atom. The average molecular weight is 270 g/mol. The molecule has 1 aliphatic carbocycles. The molecule has 12 heavy (non-hydrogen) atoms. The van der Waals surface area contributed by atoms with Gasteiger partial charge in [0.1, 0.15) is 10.1 Å². The molecule has 0 spiro atoms. The minimum absolute atomic E-state index is 0.182. The molecule has 0 heterocycles. The van der Waals surface area contributed by atoms with Crippen molar-refractivity contribution in [1.82, 2.24) is 0 Å². The van der Waals surface area contributed by atoms with Gasteiger partial charge in [0.2, 0.25) is 11.6 Å². The van der Waals surface area contributed by atoms with Gasteiger partial charge in [-0.15, -0.1) is 0 Å². The van der Waals surface area contributed by atoms with Crippen LogP contribution in [0.2, 0.25) is 0 Å². The average Bonchev–Trinajstić information content (AvgIpc) is 2.08. The van der Waals surface area contributed by atoms with E-state index >= 15 is 0 Å². The minimum atomic E-state index is -0.446. The molecule has 0 radical (unpaired) electrons. The van der Waals surface area contributed by atoms with E-state index in [-0.39, 0.29) is 20.1 Å². The number of carbonyl (C=O) groups is 2. The molecule has 0 amide bonds. The molecule has 1 rings (SSSR count). The molecule has 2 nitrogen and oxygen atoms in total. The number of carbonyl (C=O) groups excluding carboxylic acids is 2. The van der Waals surface area contributed by atoms with Crippen LogP contribution in [0.5, 0.6) is 0 Å². The topological polar surface area (TPSA) is 34.1 Å². The zero-order valence-electron chi connectivity index (χ0n) is 5.95. The van der Waals surface area contributed by atoms with E-state index in [0.717, 1.165) is 0 Å². The first kappa shape index (κ1) is 9.96. The molecule has 0 atom stereocenters. The molecule has 0 aromatic heterocycles. The molecule has 0 bridgehead atoms. The first-order valence-corrected chi connectivity index (χ1v) is 4.52. The second-order valence-corrected chi connectivity index (χ2v) is 3.77. The number of allylic oxidation sites excluding steroid dienone is 4. The van der Waals surface area contributed by atoms with Crippen LogP contribution in [0.3, 0.4) is 0 Å². The van der Waals surface area contributed by atoms with Crippen LogP contribution >= 0.6 is 39.1 Å². The molecule has 0 saturated carbocycles. The molecule has 0 unspecified atom stereocenters. The molecule has 0 fully saturated rings. The summed E-state index contributed by atoms with van der Waals surface area (Å²) in [6.45, 7) is 1.51. The Morgan fingerprint density at radius 3 is 2.00 bits per heavy atom. The number of rotatable bonds is 0. The van der Waals surface area contributed by atoms with Crippen molar-refractivity contribution >= 4 is 50.7 Å². The summed E-state index contributed by atoms with van der Waals surface area (Å²) in [6, 6.07) is 0. The van der Waals surface area contributed by atoms with Gasteiger partial charge in [0.05, 0.1) is 4.48 Å². The number of hydrogen-bond donors (Lipinski definition) is 0. The highest BCUT2D eigenvalue weighted by molar-refractivity contribution is 9.12. The maximum absolute atomic E-state index is 11.2. The van der Waals surface area contributed by atoms with Crippen molar-refractivity contribution < 1.29 is 9.59 Å². The third-order valence-electron chi connectivity index (χ3n) is 1.46. The van der Waals surface area contributed by atoms with E-state index in [4.69, 9.17) is 23.2 Å². The van der Waals surface area contributed by atoms with E-state index in [0.29, 0.717) is 0 Å². The predicted octanol–water partition coefficient (Wildman–Crippen LogP) is 2.50. The van der Waals surface area contributed by atoms with Crippen molar-refractivity contribution in [2.24, 2.45) is 0 Å². The van der Waals surface area contributed by atoms with Gasteiger partial charge in [-0.25, -0.2) is 0 Å². The fourth-order valence-electron chi connectivity index (χ4n) is 0.730. The molecular formula is C7H3BrCl2O2. The van der Waals surface area contributed by atoms with E-state index in [9.17, 15) is 9.59 Å². The molecule has 0 aromatic rings. The highest BCUT2D eigenvalue weighted by atomic mass is 79.9. The van der Waals surface area contributed by atoms with Crippen molar-refractivity contribution in [1.29, 1.82) is 0 Å². The van der Waals surface area contributed by atoms with E-state index in [1.807, 2.05) is 0 Å². The van der Waals surface area contributed by atoms with E-state index in [1.165, 1.54) is 6.92 Å². The van der Waals surface area contributed by atoms with Gasteiger partial charge in [0.25, 0.3) is 0 Å². The van der Waals surface area contributed by atoms with Crippen LogP contribution in [0.4, 0.5) is 0 Å². The van der Waals surface area contributed by atoms with E-state index in [2.05, 4.69) is 15.9 Å². The van der Waals surface area contributed by atoms with Crippen molar-refractivity contribution in [3.63, 3.8) is 0 Å². The summed E-state index contributed by atoms with van der Waals surface area (Å²) in [5, 5.41) is -0.429. The van der Waals surface area contributed by atoms with Crippen LogP contribution in [-0.4, -0.2) is 11.6 Å². The Bertz CT molecular complexity index is 279. The maximum atomic E-state index is 11.2. The summed E-state index contributed by atoms with van der Waals surface area (Å²) in [6.07, 6.45) is 0. The number of hydrogen-bond acceptors (Lipinski definition) is 2. The molecule has 5 heteroatoms. The van der Waals surface area contributed by atoms with Crippen LogP contribution in [0.1, 0.15) is 6.92 Å². The van der Waals surface area contributed by atoms with Crippen molar-refractivity contribution in [2.45, 2.75) is 6.92 Å². The Balaban J connectivity index is 3.32. The first-order valence-electron chi connectivity index (χ1n) is 2.98. The monoisotopic (exact) mass is 268 g/mol. The molecule has 0 saturated heterocycles. The lowest BCUT2D eigenvalue weighted by molar-refractivity contribution is -0.115. The Hall–Kier alpha value is -0.120. The van der Waals surface area contributed by atoms with Crippen LogP contribution in [0.25, 0.3) is 0 Å². The summed E-state index contributed by atoms with van der Waals surface area (Å²) in [5.41, 5.74) is 0.286. The van der Waals surface area contributed by atoms with Gasteiger partial charge in [-0.3, -0.25) is 9.59 Å². The lowest BCUT2D eigenvalue weighted by atomic mass is 10.1. The summed E-state index contributed by atoms with van der Waals surface area (Å²) >= 11 is 13.9. The quantitative estimate of drug-likeness (QED) is 0.634. The van der Waals surface area contributed by atoms with E-state index < -0.39 is 11.6 Å². The Kier molecular flexibility index (Phi) is 2.76. The normalized spacial score (nSPS) is 19.3.